The van der Waals surface area contributed by atoms with Crippen molar-refractivity contribution in [2.75, 3.05) is 0 Å². The number of hydrogen-bond donors (Lipinski definition) is 1. The Morgan fingerprint density at radius 2 is 2.00 bits per heavy atom. The van der Waals surface area contributed by atoms with E-state index in [1.54, 1.807) is 0 Å². The van der Waals surface area contributed by atoms with Crippen LogP contribution in [0.2, 0.25) is 0 Å². The van der Waals surface area contributed by atoms with E-state index in [9.17, 15) is 0 Å². The maximum Gasteiger partial charge on any atom is 1.00 e. The molecule has 0 saturated heterocycles. The normalized spacial score (nSPS) is 13.1. The van der Waals surface area contributed by atoms with Crippen molar-refractivity contribution >= 4 is 0 Å². The molecular weight excluding hydrogens is 93.0 g/mol. The summed E-state index contributed by atoms with van der Waals surface area (Å²) >= 11 is 0. The summed E-state index contributed by atoms with van der Waals surface area (Å²) in [5.74, 6) is 0.597. The van der Waals surface area contributed by atoms with Gasteiger partial charge in [-0.1, -0.05) is 20.3 Å². The van der Waals surface area contributed by atoms with E-state index in [4.69, 9.17) is 5.73 Å². The fourth-order valence-corrected chi connectivity index (χ4v) is 0.322. The van der Waals surface area contributed by atoms with Crippen LogP contribution in [-0.4, -0.2) is 0 Å². The summed E-state index contributed by atoms with van der Waals surface area (Å²) in [6.07, 6.45) is 1.16. The summed E-state index contributed by atoms with van der Waals surface area (Å²) in [7, 11) is 0. The Kier molecular flexibility index (Phi) is 8.08. The third-order valence-electron chi connectivity index (χ3n) is 1.39. The van der Waals surface area contributed by atoms with Crippen LogP contribution < -0.4 is 24.6 Å². The van der Waals surface area contributed by atoms with Crippen molar-refractivity contribution in [2.45, 2.75) is 27.2 Å². The second-order valence-electron chi connectivity index (χ2n) is 2.05. The van der Waals surface area contributed by atoms with Gasteiger partial charge in [-0.05, 0) is 0 Å². The van der Waals surface area contributed by atoms with E-state index < -0.39 is 0 Å². The van der Waals surface area contributed by atoms with Crippen molar-refractivity contribution in [3.8, 4) is 0 Å². The van der Waals surface area contributed by atoms with Crippen LogP contribution in [0.3, 0.4) is 0 Å². The Morgan fingerprint density at radius 3 is 2.00 bits per heavy atom. The van der Waals surface area contributed by atoms with Gasteiger partial charge in [-0.2, -0.15) is 12.8 Å². The van der Waals surface area contributed by atoms with Crippen molar-refractivity contribution in [1.82, 2.24) is 0 Å². The molecule has 0 aliphatic rings. The molecule has 2 N–H and O–H groups in total. The van der Waals surface area contributed by atoms with Gasteiger partial charge >= 0.3 is 18.9 Å². The largest absolute Gasteiger partial charge is 1.00 e. The molecule has 0 amide bonds. The molecular formula is C6H14LiN. The first-order chi connectivity index (χ1) is 3.18. The molecule has 8 heavy (non-hydrogen) atoms. The number of hydrogen-bond acceptors (Lipinski definition) is 1. The van der Waals surface area contributed by atoms with Crippen LogP contribution in [0.25, 0.3) is 0 Å². The van der Waals surface area contributed by atoms with Crippen molar-refractivity contribution in [3.63, 3.8) is 0 Å². The van der Waals surface area contributed by atoms with Gasteiger partial charge in [-0.3, -0.25) is 6.04 Å². The smallest absolute Gasteiger partial charge is 0.480 e. The van der Waals surface area contributed by atoms with Crippen molar-refractivity contribution in [1.29, 1.82) is 0 Å². The fraction of sp³-hybridized carbons (Fsp3) is 0.833. The molecule has 0 bridgehead atoms. The van der Waals surface area contributed by atoms with Gasteiger partial charge in [-0.25, -0.2) is 0 Å². The van der Waals surface area contributed by atoms with Crippen LogP contribution in [0.1, 0.15) is 27.2 Å². The van der Waals surface area contributed by atoms with Crippen molar-refractivity contribution in [3.05, 3.63) is 6.04 Å². The van der Waals surface area contributed by atoms with Gasteiger partial charge in [0.2, 0.25) is 0 Å². The zero-order chi connectivity index (χ0) is 5.86. The molecule has 0 aliphatic carbocycles. The fourth-order valence-electron chi connectivity index (χ4n) is 0.322. The van der Waals surface area contributed by atoms with E-state index in [-0.39, 0.29) is 18.9 Å². The number of nitrogens with two attached hydrogens (primary N) is 1. The van der Waals surface area contributed by atoms with E-state index in [1.807, 2.05) is 6.92 Å². The van der Waals surface area contributed by atoms with E-state index in [0.717, 1.165) is 12.5 Å². The van der Waals surface area contributed by atoms with Crippen molar-refractivity contribution < 1.29 is 18.9 Å². The molecule has 1 unspecified atom stereocenters. The molecule has 0 rings (SSSR count). The minimum atomic E-state index is 0. The van der Waals surface area contributed by atoms with E-state index >= 15 is 0 Å². The first kappa shape index (κ1) is 11.4. The minimum absolute atomic E-state index is 0. The molecule has 0 aromatic heterocycles. The third kappa shape index (κ3) is 4.71. The second-order valence-corrected chi connectivity index (χ2v) is 2.05. The monoisotopic (exact) mass is 107 g/mol. The zero-order valence-electron chi connectivity index (χ0n) is 6.36. The molecule has 44 valence electrons. The minimum Gasteiger partial charge on any atom is -0.480 e. The Hall–Kier alpha value is 0.557. The van der Waals surface area contributed by atoms with Crippen LogP contribution in [0.15, 0.2) is 0 Å². The standard InChI is InChI=1S/C6H14N.Li/c1-4-5(2)6(3)7;/h5H,4,7H2,1-3H3;/q-1;+1. The van der Waals surface area contributed by atoms with Crippen LogP contribution in [0.5, 0.6) is 0 Å². The summed E-state index contributed by atoms with van der Waals surface area (Å²) in [6, 6.07) is 1.04. The van der Waals surface area contributed by atoms with E-state index in [0.29, 0.717) is 5.92 Å². The molecule has 2 heteroatoms. The molecule has 1 atom stereocenters. The van der Waals surface area contributed by atoms with Gasteiger partial charge in [-0.15, -0.1) is 0 Å². The summed E-state index contributed by atoms with van der Waals surface area (Å²) in [4.78, 5) is 0. The first-order valence-electron chi connectivity index (χ1n) is 2.77. The van der Waals surface area contributed by atoms with E-state index in [2.05, 4.69) is 13.8 Å². The Morgan fingerprint density at radius 1 is 1.62 bits per heavy atom. The second kappa shape index (κ2) is 5.69. The molecule has 0 saturated carbocycles. The zero-order valence-corrected chi connectivity index (χ0v) is 6.36. The van der Waals surface area contributed by atoms with E-state index in [1.165, 1.54) is 0 Å². The first-order valence-corrected chi connectivity index (χ1v) is 2.77. The molecule has 0 fully saturated rings. The van der Waals surface area contributed by atoms with Gasteiger partial charge in [0.05, 0.1) is 0 Å². The summed E-state index contributed by atoms with van der Waals surface area (Å²) < 4.78 is 0. The Bertz CT molecular complexity index is 45.8. The van der Waals surface area contributed by atoms with Gasteiger partial charge in [0, 0.05) is 0 Å². The maximum absolute atomic E-state index is 5.46. The molecule has 0 aliphatic heterocycles. The third-order valence-corrected chi connectivity index (χ3v) is 1.39. The Balaban J connectivity index is 0. The molecule has 0 spiro atoms. The van der Waals surface area contributed by atoms with Crippen molar-refractivity contribution in [2.24, 2.45) is 11.7 Å². The summed E-state index contributed by atoms with van der Waals surface area (Å²) in [6.45, 7) is 6.24. The molecule has 0 aromatic rings. The number of rotatable bonds is 2. The van der Waals surface area contributed by atoms with Gasteiger partial charge in [0.1, 0.15) is 0 Å². The van der Waals surface area contributed by atoms with Gasteiger partial charge < -0.3 is 5.73 Å². The Labute approximate surface area is 64.2 Å². The molecule has 0 radical (unpaired) electrons. The topological polar surface area (TPSA) is 26.0 Å². The quantitative estimate of drug-likeness (QED) is 0.339. The van der Waals surface area contributed by atoms with Gasteiger partial charge in [0.25, 0.3) is 0 Å². The predicted molar refractivity (Wildman–Crippen MR) is 32.6 cm³/mol. The van der Waals surface area contributed by atoms with Crippen LogP contribution in [-0.2, 0) is 0 Å². The van der Waals surface area contributed by atoms with Crippen LogP contribution >= 0.6 is 0 Å². The van der Waals surface area contributed by atoms with Crippen LogP contribution in [0, 0.1) is 12.0 Å². The SMILES string of the molecule is CCC(C)[C-](C)N.[Li+]. The average molecular weight is 107 g/mol. The maximum atomic E-state index is 5.46. The molecule has 0 aromatic carbocycles. The molecule has 0 heterocycles. The summed E-state index contributed by atoms with van der Waals surface area (Å²) in [5.41, 5.74) is 5.46. The van der Waals surface area contributed by atoms with Crippen LogP contribution in [0.4, 0.5) is 0 Å². The van der Waals surface area contributed by atoms with Gasteiger partial charge in [0.15, 0.2) is 0 Å². The predicted octanol–water partition coefficient (Wildman–Crippen LogP) is -1.45. The molecule has 1 nitrogen and oxygen atoms in total. The summed E-state index contributed by atoms with van der Waals surface area (Å²) in [5, 5.41) is 0. The average Bonchev–Trinajstić information content (AvgIpc) is 1.65.